The van der Waals surface area contributed by atoms with Crippen molar-refractivity contribution < 1.29 is 19.0 Å². The Kier molecular flexibility index (Phi) is 8.45. The smallest absolute Gasteiger partial charge is 0.410 e. The second-order valence-electron chi connectivity index (χ2n) is 8.40. The molecule has 2 atom stereocenters. The summed E-state index contributed by atoms with van der Waals surface area (Å²) in [6, 6.07) is 7.80. The highest BCUT2D eigenvalue weighted by Crippen LogP contribution is 2.26. The predicted octanol–water partition coefficient (Wildman–Crippen LogP) is 2.96. The molecule has 8 nitrogen and oxygen atoms in total. The fourth-order valence-corrected chi connectivity index (χ4v) is 3.43. The van der Waals surface area contributed by atoms with E-state index in [-0.39, 0.29) is 42.2 Å². The topological polar surface area (TPSA) is 75.6 Å². The van der Waals surface area contributed by atoms with Gasteiger partial charge in [-0.1, -0.05) is 12.1 Å². The third-order valence-corrected chi connectivity index (χ3v) is 4.80. The van der Waals surface area contributed by atoms with Gasteiger partial charge >= 0.3 is 6.09 Å². The molecule has 0 bridgehead atoms. The molecular formula is C21H33IN4O4. The van der Waals surface area contributed by atoms with Crippen LogP contribution in [-0.2, 0) is 4.74 Å². The fourth-order valence-electron chi connectivity index (χ4n) is 3.43. The van der Waals surface area contributed by atoms with Crippen LogP contribution in [0.2, 0.25) is 0 Å². The normalized spacial score (nSPS) is 19.2. The highest BCUT2D eigenvalue weighted by Gasteiger charge is 2.36. The molecule has 168 valence electrons. The number of aliphatic imine (C=N–C) groups is 1. The number of nitrogens with zero attached hydrogens (tertiary/aromatic N) is 3. The molecule has 0 saturated carbocycles. The Morgan fingerprint density at radius 1 is 1.27 bits per heavy atom. The number of halogens is 1. The van der Waals surface area contributed by atoms with E-state index in [1.165, 1.54) is 0 Å². The molecule has 0 aromatic heterocycles. The summed E-state index contributed by atoms with van der Waals surface area (Å²) in [5.41, 5.74) is -0.481. The van der Waals surface area contributed by atoms with Crippen molar-refractivity contribution in [3.05, 3.63) is 24.3 Å². The number of fused-ring (bicyclic) bond motifs is 1. The van der Waals surface area contributed by atoms with E-state index in [0.29, 0.717) is 26.2 Å². The molecule has 0 radical (unpaired) electrons. The van der Waals surface area contributed by atoms with Gasteiger partial charge in [0.1, 0.15) is 11.7 Å². The third-order valence-electron chi connectivity index (χ3n) is 4.80. The number of carbonyl (C=O) groups excluding carboxylic acids is 1. The van der Waals surface area contributed by atoms with Gasteiger partial charge in [-0.25, -0.2) is 4.79 Å². The lowest BCUT2D eigenvalue weighted by Gasteiger charge is -2.39. The van der Waals surface area contributed by atoms with Crippen LogP contribution in [0, 0.1) is 0 Å². The number of guanidine groups is 1. The minimum Gasteiger partial charge on any atom is -0.493 e. The number of ether oxygens (including phenoxy) is 3. The van der Waals surface area contributed by atoms with E-state index in [4.69, 9.17) is 14.2 Å². The highest BCUT2D eigenvalue weighted by molar-refractivity contribution is 14.0. The average Bonchev–Trinajstić information content (AvgIpc) is 3.07. The number of methoxy groups -OCH3 is 1. The number of amides is 1. The van der Waals surface area contributed by atoms with E-state index in [1.54, 1.807) is 12.0 Å². The van der Waals surface area contributed by atoms with Gasteiger partial charge in [0.25, 0.3) is 0 Å². The molecule has 1 aromatic carbocycles. The Morgan fingerprint density at radius 3 is 2.63 bits per heavy atom. The Hall–Kier alpha value is -1.91. The number of hydrogen-bond donors (Lipinski definition) is 1. The van der Waals surface area contributed by atoms with Crippen LogP contribution >= 0.6 is 24.0 Å². The SMILES string of the molecule is COc1ccccc1OC(C)CNC1=NCC2CN(C(=O)OC(C)(C)C)CCN12.I. The summed E-state index contributed by atoms with van der Waals surface area (Å²) in [7, 11) is 1.63. The summed E-state index contributed by atoms with van der Waals surface area (Å²) in [6.45, 7) is 10.9. The number of nitrogens with one attached hydrogen (secondary N) is 1. The van der Waals surface area contributed by atoms with Gasteiger partial charge in [-0.05, 0) is 39.8 Å². The van der Waals surface area contributed by atoms with E-state index in [9.17, 15) is 4.79 Å². The molecule has 3 rings (SSSR count). The number of para-hydroxylation sites is 2. The molecule has 30 heavy (non-hydrogen) atoms. The summed E-state index contributed by atoms with van der Waals surface area (Å²) in [5.74, 6) is 2.31. The lowest BCUT2D eigenvalue weighted by Crippen LogP contribution is -2.58. The van der Waals surface area contributed by atoms with Gasteiger partial charge in [-0.3, -0.25) is 4.99 Å². The zero-order valence-electron chi connectivity index (χ0n) is 18.4. The Morgan fingerprint density at radius 2 is 1.97 bits per heavy atom. The van der Waals surface area contributed by atoms with Crippen LogP contribution in [0.5, 0.6) is 11.5 Å². The van der Waals surface area contributed by atoms with E-state index in [1.807, 2.05) is 52.0 Å². The number of piperazine rings is 1. The third kappa shape index (κ3) is 6.29. The fraction of sp³-hybridized carbons (Fsp3) is 0.619. The molecule has 9 heteroatoms. The predicted molar refractivity (Wildman–Crippen MR) is 127 cm³/mol. The summed E-state index contributed by atoms with van der Waals surface area (Å²) in [6.07, 6.45) is -0.312. The van der Waals surface area contributed by atoms with Crippen molar-refractivity contribution in [1.29, 1.82) is 0 Å². The van der Waals surface area contributed by atoms with Crippen molar-refractivity contribution in [2.24, 2.45) is 4.99 Å². The van der Waals surface area contributed by atoms with Crippen molar-refractivity contribution in [2.75, 3.05) is 39.8 Å². The Labute approximate surface area is 196 Å². The first kappa shape index (κ1) is 24.4. The van der Waals surface area contributed by atoms with Crippen molar-refractivity contribution in [1.82, 2.24) is 15.1 Å². The van der Waals surface area contributed by atoms with Gasteiger partial charge in [0, 0.05) is 19.6 Å². The summed E-state index contributed by atoms with van der Waals surface area (Å²) in [4.78, 5) is 21.0. The largest absolute Gasteiger partial charge is 0.493 e. The molecule has 2 unspecified atom stereocenters. The lowest BCUT2D eigenvalue weighted by molar-refractivity contribution is 0.0137. The molecule has 0 aliphatic carbocycles. The van der Waals surface area contributed by atoms with Crippen LogP contribution in [0.4, 0.5) is 4.79 Å². The second-order valence-corrected chi connectivity index (χ2v) is 8.40. The number of benzene rings is 1. The highest BCUT2D eigenvalue weighted by atomic mass is 127. The van der Waals surface area contributed by atoms with Crippen molar-refractivity contribution >= 4 is 36.0 Å². The molecule has 1 saturated heterocycles. The van der Waals surface area contributed by atoms with E-state index < -0.39 is 5.60 Å². The van der Waals surface area contributed by atoms with Crippen molar-refractivity contribution in [2.45, 2.75) is 45.4 Å². The van der Waals surface area contributed by atoms with E-state index >= 15 is 0 Å². The summed E-state index contributed by atoms with van der Waals surface area (Å²) >= 11 is 0. The molecule has 1 aromatic rings. The van der Waals surface area contributed by atoms with Gasteiger partial charge in [0.2, 0.25) is 0 Å². The Balaban J connectivity index is 0.00000320. The van der Waals surface area contributed by atoms with Crippen LogP contribution in [0.3, 0.4) is 0 Å². The molecule has 1 fully saturated rings. The number of hydrogen-bond acceptors (Lipinski definition) is 7. The van der Waals surface area contributed by atoms with Gasteiger partial charge < -0.3 is 29.3 Å². The first-order valence-corrected chi connectivity index (χ1v) is 10.1. The number of carbonyl (C=O) groups is 1. The monoisotopic (exact) mass is 532 g/mol. The maximum absolute atomic E-state index is 12.3. The maximum atomic E-state index is 12.3. The zero-order chi connectivity index (χ0) is 21.0. The maximum Gasteiger partial charge on any atom is 0.410 e. The second kappa shape index (κ2) is 10.4. The minimum absolute atomic E-state index is 0. The molecule has 2 aliphatic heterocycles. The molecule has 1 amide bonds. The van der Waals surface area contributed by atoms with E-state index in [2.05, 4.69) is 15.2 Å². The zero-order valence-corrected chi connectivity index (χ0v) is 20.7. The average molecular weight is 532 g/mol. The minimum atomic E-state index is -0.481. The van der Waals surface area contributed by atoms with Gasteiger partial charge in [0.15, 0.2) is 17.5 Å². The molecule has 1 N–H and O–H groups in total. The first-order valence-electron chi connectivity index (χ1n) is 10.1. The Bertz CT molecular complexity index is 753. The summed E-state index contributed by atoms with van der Waals surface area (Å²) < 4.78 is 16.8. The number of rotatable bonds is 5. The summed E-state index contributed by atoms with van der Waals surface area (Å²) in [5, 5.41) is 3.40. The lowest BCUT2D eigenvalue weighted by atomic mass is 10.2. The molecule has 0 spiro atoms. The quantitative estimate of drug-likeness (QED) is 0.588. The van der Waals surface area contributed by atoms with Gasteiger partial charge in [-0.2, -0.15) is 0 Å². The van der Waals surface area contributed by atoms with Gasteiger partial charge in [-0.15, -0.1) is 24.0 Å². The standard InChI is InChI=1S/C21H32N4O4.HI/c1-15(28-18-9-7-6-8-17(18)27-5)12-22-19-23-13-16-14-24(10-11-25(16)19)20(26)29-21(2,3)4;/h6-9,15-16H,10-14H2,1-5H3,(H,22,23);1H. The van der Waals surface area contributed by atoms with Crippen LogP contribution in [0.25, 0.3) is 0 Å². The van der Waals surface area contributed by atoms with Crippen molar-refractivity contribution in [3.8, 4) is 11.5 Å². The van der Waals surface area contributed by atoms with Gasteiger partial charge in [0.05, 0.1) is 26.2 Å². The molecule has 2 aliphatic rings. The van der Waals surface area contributed by atoms with Crippen LogP contribution in [-0.4, -0.2) is 79.4 Å². The van der Waals surface area contributed by atoms with Crippen LogP contribution in [0.1, 0.15) is 27.7 Å². The molecular weight excluding hydrogens is 499 g/mol. The van der Waals surface area contributed by atoms with Crippen LogP contribution in [0.15, 0.2) is 29.3 Å². The molecule has 2 heterocycles. The van der Waals surface area contributed by atoms with E-state index in [0.717, 1.165) is 24.0 Å². The van der Waals surface area contributed by atoms with Crippen molar-refractivity contribution in [3.63, 3.8) is 0 Å². The first-order chi connectivity index (χ1) is 13.8. The van der Waals surface area contributed by atoms with Crippen LogP contribution < -0.4 is 14.8 Å².